The van der Waals surface area contributed by atoms with Gasteiger partial charge in [0.2, 0.25) is 0 Å². The van der Waals surface area contributed by atoms with Gasteiger partial charge in [0.25, 0.3) is 0 Å². The molecular formula is C17H25FN4O2. The molecule has 1 fully saturated rings. The van der Waals surface area contributed by atoms with Crippen LogP contribution >= 0.6 is 0 Å². The Kier molecular flexibility index (Phi) is 6.28. The number of hydrogen-bond donors (Lipinski definition) is 2. The van der Waals surface area contributed by atoms with Gasteiger partial charge in [-0.3, -0.25) is 14.5 Å². The van der Waals surface area contributed by atoms with Crippen LogP contribution in [0, 0.1) is 12.7 Å². The maximum absolute atomic E-state index is 13.7. The molecule has 2 amide bonds. The summed E-state index contributed by atoms with van der Waals surface area (Å²) in [6.07, 6.45) is 0. The third kappa shape index (κ3) is 5.01. The minimum atomic E-state index is -0.858. The number of nitrogens with one attached hydrogen (secondary N) is 2. The lowest BCUT2D eigenvalue weighted by molar-refractivity contribution is -0.136. The lowest BCUT2D eigenvalue weighted by Gasteiger charge is -2.36. The van der Waals surface area contributed by atoms with Crippen LogP contribution in [0.2, 0.25) is 0 Å². The number of piperazine rings is 1. The van der Waals surface area contributed by atoms with Gasteiger partial charge in [0.1, 0.15) is 5.82 Å². The van der Waals surface area contributed by atoms with E-state index in [4.69, 9.17) is 0 Å². The van der Waals surface area contributed by atoms with E-state index < -0.39 is 17.6 Å². The standard InChI is InChI=1S/C17H25FN4O2/c1-12-4-5-15(14(18)10-12)20-17(24)16(23)19-11-13(2)22-8-6-21(3)7-9-22/h4-5,10,13H,6-9,11H2,1-3H3,(H,19,23)(H,20,24). The zero-order chi connectivity index (χ0) is 17.7. The first-order valence-electron chi connectivity index (χ1n) is 8.14. The summed E-state index contributed by atoms with van der Waals surface area (Å²) in [4.78, 5) is 28.3. The average Bonchev–Trinajstić information content (AvgIpc) is 2.55. The molecule has 1 atom stereocenters. The van der Waals surface area contributed by atoms with Gasteiger partial charge in [-0.05, 0) is 38.6 Å². The number of aryl methyl sites for hydroxylation is 1. The fourth-order valence-corrected chi connectivity index (χ4v) is 2.61. The highest BCUT2D eigenvalue weighted by atomic mass is 19.1. The van der Waals surface area contributed by atoms with E-state index in [0.717, 1.165) is 31.7 Å². The van der Waals surface area contributed by atoms with Gasteiger partial charge in [0.05, 0.1) is 5.69 Å². The number of hydrogen-bond acceptors (Lipinski definition) is 4. The van der Waals surface area contributed by atoms with Crippen molar-refractivity contribution in [3.05, 3.63) is 29.6 Å². The van der Waals surface area contributed by atoms with Crippen LogP contribution in [-0.2, 0) is 9.59 Å². The number of halogens is 1. The minimum Gasteiger partial charge on any atom is -0.346 e. The number of anilines is 1. The molecule has 1 aromatic rings. The van der Waals surface area contributed by atoms with Crippen molar-refractivity contribution in [2.45, 2.75) is 19.9 Å². The number of rotatable bonds is 4. The van der Waals surface area contributed by atoms with E-state index in [0.29, 0.717) is 6.54 Å². The zero-order valence-corrected chi connectivity index (χ0v) is 14.4. The van der Waals surface area contributed by atoms with Crippen molar-refractivity contribution >= 4 is 17.5 Å². The second kappa shape index (κ2) is 8.21. The van der Waals surface area contributed by atoms with E-state index in [9.17, 15) is 14.0 Å². The van der Waals surface area contributed by atoms with Gasteiger partial charge >= 0.3 is 11.8 Å². The first-order valence-corrected chi connectivity index (χ1v) is 8.14. The molecular weight excluding hydrogens is 311 g/mol. The zero-order valence-electron chi connectivity index (χ0n) is 14.4. The first-order chi connectivity index (χ1) is 11.4. The van der Waals surface area contributed by atoms with Crippen molar-refractivity contribution < 1.29 is 14.0 Å². The van der Waals surface area contributed by atoms with E-state index in [1.807, 2.05) is 6.92 Å². The molecule has 6 nitrogen and oxygen atoms in total. The molecule has 1 heterocycles. The molecule has 1 aliphatic heterocycles. The molecule has 0 bridgehead atoms. The Morgan fingerprint density at radius 2 is 1.88 bits per heavy atom. The highest BCUT2D eigenvalue weighted by Gasteiger charge is 2.21. The van der Waals surface area contributed by atoms with Crippen molar-refractivity contribution in [3.8, 4) is 0 Å². The monoisotopic (exact) mass is 336 g/mol. The quantitative estimate of drug-likeness (QED) is 0.799. The maximum atomic E-state index is 13.7. The van der Waals surface area contributed by atoms with Crippen LogP contribution in [0.5, 0.6) is 0 Å². The van der Waals surface area contributed by atoms with Crippen molar-refractivity contribution in [2.24, 2.45) is 0 Å². The summed E-state index contributed by atoms with van der Waals surface area (Å²) in [6.45, 7) is 8.01. The summed E-state index contributed by atoms with van der Waals surface area (Å²) < 4.78 is 13.7. The molecule has 0 aliphatic carbocycles. The van der Waals surface area contributed by atoms with Gasteiger partial charge in [-0.15, -0.1) is 0 Å². The predicted octanol–water partition coefficient (Wildman–Crippen LogP) is 0.825. The van der Waals surface area contributed by atoms with Crippen molar-refractivity contribution in [1.29, 1.82) is 0 Å². The molecule has 132 valence electrons. The fraction of sp³-hybridized carbons (Fsp3) is 0.529. The van der Waals surface area contributed by atoms with Gasteiger partial charge in [-0.25, -0.2) is 4.39 Å². The van der Waals surface area contributed by atoms with Crippen LogP contribution in [0.25, 0.3) is 0 Å². The topological polar surface area (TPSA) is 64.7 Å². The maximum Gasteiger partial charge on any atom is 0.313 e. The van der Waals surface area contributed by atoms with E-state index in [-0.39, 0.29) is 11.7 Å². The van der Waals surface area contributed by atoms with Gasteiger partial charge < -0.3 is 15.5 Å². The predicted molar refractivity (Wildman–Crippen MR) is 91.3 cm³/mol. The number of amides is 2. The number of nitrogens with zero attached hydrogens (tertiary/aromatic N) is 2. The Balaban J connectivity index is 1.80. The third-order valence-corrected chi connectivity index (χ3v) is 4.30. The molecule has 0 aromatic heterocycles. The second-order valence-corrected chi connectivity index (χ2v) is 6.34. The normalized spacial score (nSPS) is 17.3. The number of benzene rings is 1. The summed E-state index contributed by atoms with van der Waals surface area (Å²) in [5, 5.41) is 4.91. The lowest BCUT2D eigenvalue weighted by Crippen LogP contribution is -2.52. The lowest BCUT2D eigenvalue weighted by atomic mass is 10.2. The molecule has 0 radical (unpaired) electrons. The molecule has 1 aromatic carbocycles. The van der Waals surface area contributed by atoms with Crippen LogP contribution in [0.4, 0.5) is 10.1 Å². The van der Waals surface area contributed by atoms with Crippen molar-refractivity contribution in [1.82, 2.24) is 15.1 Å². The van der Waals surface area contributed by atoms with Crippen LogP contribution in [0.3, 0.4) is 0 Å². The van der Waals surface area contributed by atoms with Crippen LogP contribution in [0.1, 0.15) is 12.5 Å². The first kappa shape index (κ1) is 18.4. The summed E-state index contributed by atoms with van der Waals surface area (Å²) in [6, 6.07) is 4.57. The third-order valence-electron chi connectivity index (χ3n) is 4.30. The summed E-state index contributed by atoms with van der Waals surface area (Å²) in [5.74, 6) is -2.17. The largest absolute Gasteiger partial charge is 0.346 e. The molecule has 2 N–H and O–H groups in total. The molecule has 2 rings (SSSR count). The van der Waals surface area contributed by atoms with Crippen molar-refractivity contribution in [3.63, 3.8) is 0 Å². The Morgan fingerprint density at radius 1 is 1.21 bits per heavy atom. The Bertz CT molecular complexity index is 600. The number of carbonyl (C=O) groups excluding carboxylic acids is 2. The number of carbonyl (C=O) groups is 2. The number of likely N-dealkylation sites (N-methyl/N-ethyl adjacent to an activating group) is 1. The van der Waals surface area contributed by atoms with Gasteiger partial charge in [0, 0.05) is 38.8 Å². The van der Waals surface area contributed by atoms with Gasteiger partial charge in [-0.2, -0.15) is 0 Å². The average molecular weight is 336 g/mol. The van der Waals surface area contributed by atoms with Gasteiger partial charge in [0.15, 0.2) is 0 Å². The highest BCUT2D eigenvalue weighted by Crippen LogP contribution is 2.15. The van der Waals surface area contributed by atoms with Crippen LogP contribution in [0.15, 0.2) is 18.2 Å². The molecule has 0 saturated carbocycles. The molecule has 0 spiro atoms. The highest BCUT2D eigenvalue weighted by molar-refractivity contribution is 6.39. The second-order valence-electron chi connectivity index (χ2n) is 6.34. The Hall–Kier alpha value is -1.99. The van der Waals surface area contributed by atoms with Crippen LogP contribution in [-0.4, -0.2) is 67.4 Å². The van der Waals surface area contributed by atoms with Crippen LogP contribution < -0.4 is 10.6 Å². The molecule has 1 saturated heterocycles. The molecule has 1 aliphatic rings. The Labute approximate surface area is 142 Å². The molecule has 24 heavy (non-hydrogen) atoms. The summed E-state index contributed by atoms with van der Waals surface area (Å²) in [5.41, 5.74) is 0.754. The summed E-state index contributed by atoms with van der Waals surface area (Å²) in [7, 11) is 2.08. The SMILES string of the molecule is Cc1ccc(NC(=O)C(=O)NCC(C)N2CCN(C)CC2)c(F)c1. The molecule has 7 heteroatoms. The van der Waals surface area contributed by atoms with E-state index in [1.54, 1.807) is 13.0 Å². The summed E-state index contributed by atoms with van der Waals surface area (Å²) >= 11 is 0. The van der Waals surface area contributed by atoms with E-state index in [2.05, 4.69) is 27.5 Å². The van der Waals surface area contributed by atoms with E-state index >= 15 is 0 Å². The van der Waals surface area contributed by atoms with Gasteiger partial charge in [-0.1, -0.05) is 6.07 Å². The fourth-order valence-electron chi connectivity index (χ4n) is 2.61. The smallest absolute Gasteiger partial charge is 0.313 e. The van der Waals surface area contributed by atoms with E-state index in [1.165, 1.54) is 12.1 Å². The minimum absolute atomic E-state index is 0.00728. The Morgan fingerprint density at radius 3 is 2.50 bits per heavy atom. The van der Waals surface area contributed by atoms with Crippen molar-refractivity contribution in [2.75, 3.05) is 45.1 Å². The molecule has 1 unspecified atom stereocenters.